The van der Waals surface area contributed by atoms with E-state index in [1.807, 2.05) is 49.4 Å². The molecule has 12 nitrogen and oxygen atoms in total. The van der Waals surface area contributed by atoms with Gasteiger partial charge in [0, 0.05) is 44.2 Å². The normalized spacial score (nSPS) is 20.4. The fraction of sp³-hybridized carbons (Fsp3) is 0.500. The van der Waals surface area contributed by atoms with Gasteiger partial charge in [0.25, 0.3) is 5.91 Å². The van der Waals surface area contributed by atoms with E-state index in [0.717, 1.165) is 16.6 Å². The van der Waals surface area contributed by atoms with E-state index in [1.165, 1.54) is 7.11 Å². The number of hydrogen-bond acceptors (Lipinski definition) is 9. The van der Waals surface area contributed by atoms with Gasteiger partial charge in [-0.25, -0.2) is 9.59 Å². The summed E-state index contributed by atoms with van der Waals surface area (Å²) < 4.78 is 30.1. The minimum absolute atomic E-state index is 0.0235. The van der Waals surface area contributed by atoms with Crippen molar-refractivity contribution >= 4 is 22.9 Å². The number of methoxy groups -OCH3 is 1. The van der Waals surface area contributed by atoms with Crippen LogP contribution in [0.4, 0.5) is 0 Å². The molecular weight excluding hydrogens is 594 g/mol. The minimum Gasteiger partial charge on any atom is -0.465 e. The van der Waals surface area contributed by atoms with Crippen molar-refractivity contribution in [3.05, 3.63) is 82.0 Å². The molecule has 2 aliphatic rings. The lowest BCUT2D eigenvalue weighted by molar-refractivity contribution is -0.172. The predicted molar refractivity (Wildman–Crippen MR) is 169 cm³/mol. The molecule has 1 amide bonds. The Morgan fingerprint density at radius 1 is 1.00 bits per heavy atom. The third-order valence-corrected chi connectivity index (χ3v) is 8.59. The lowest BCUT2D eigenvalue weighted by Crippen LogP contribution is -2.44. The zero-order valence-corrected chi connectivity index (χ0v) is 26.4. The maximum Gasteiger partial charge on any atom is 0.337 e. The van der Waals surface area contributed by atoms with Crippen molar-refractivity contribution in [1.29, 1.82) is 0 Å². The Kier molecular flexibility index (Phi) is 11.6. The minimum atomic E-state index is -0.698. The number of aromatic nitrogens is 2. The SMILES string of the molecule is CCO[C@H]1OC(C(=O)N2CCC(n3c(=O)[nH]c4ccccc43)CC2)=C[C@@H](c2ccc(C(=O)OC)cc2)[C@@H]1CCOCCOCCO. The molecule has 3 aromatic rings. The second-order valence-corrected chi connectivity index (χ2v) is 11.4. The lowest BCUT2D eigenvalue weighted by atomic mass is 9.81. The zero-order valence-electron chi connectivity index (χ0n) is 26.4. The second-order valence-electron chi connectivity index (χ2n) is 11.4. The number of aliphatic hydroxyl groups is 1. The Bertz CT molecular complexity index is 1540. The first kappa shape index (κ1) is 33.4. The number of carbonyl (C=O) groups excluding carboxylic acids is 2. The van der Waals surface area contributed by atoms with E-state index >= 15 is 0 Å². The van der Waals surface area contributed by atoms with Gasteiger partial charge in [-0.2, -0.15) is 0 Å². The summed E-state index contributed by atoms with van der Waals surface area (Å²) in [5.74, 6) is -0.867. The number of aliphatic hydroxyl groups excluding tert-OH is 1. The van der Waals surface area contributed by atoms with E-state index in [2.05, 4.69) is 4.98 Å². The van der Waals surface area contributed by atoms with Crippen LogP contribution in [-0.4, -0.2) is 97.6 Å². The van der Waals surface area contributed by atoms with Gasteiger partial charge in [0.05, 0.1) is 50.1 Å². The molecule has 248 valence electrons. The average molecular weight is 638 g/mol. The molecule has 0 spiro atoms. The van der Waals surface area contributed by atoms with Crippen LogP contribution in [0.15, 0.2) is 65.2 Å². The van der Waals surface area contributed by atoms with E-state index in [9.17, 15) is 14.4 Å². The summed E-state index contributed by atoms with van der Waals surface area (Å²) in [6, 6.07) is 14.8. The Balaban J connectivity index is 1.33. The van der Waals surface area contributed by atoms with Gasteiger partial charge in [-0.15, -0.1) is 0 Å². The number of imidazole rings is 1. The maximum atomic E-state index is 13.9. The largest absolute Gasteiger partial charge is 0.465 e. The van der Waals surface area contributed by atoms with Crippen molar-refractivity contribution in [1.82, 2.24) is 14.5 Å². The second kappa shape index (κ2) is 16.0. The van der Waals surface area contributed by atoms with Crippen LogP contribution in [-0.2, 0) is 28.5 Å². The van der Waals surface area contributed by atoms with E-state index in [4.69, 9.17) is 28.8 Å². The van der Waals surface area contributed by atoms with Gasteiger partial charge in [-0.1, -0.05) is 24.3 Å². The average Bonchev–Trinajstić information content (AvgIpc) is 3.43. The molecule has 0 radical (unpaired) electrons. The predicted octanol–water partition coefficient (Wildman–Crippen LogP) is 3.37. The molecule has 1 saturated heterocycles. The van der Waals surface area contributed by atoms with Crippen LogP contribution in [0.1, 0.15) is 54.1 Å². The van der Waals surface area contributed by atoms with E-state index in [0.29, 0.717) is 64.3 Å². The Morgan fingerprint density at radius 2 is 1.72 bits per heavy atom. The summed E-state index contributed by atoms with van der Waals surface area (Å²) in [5.41, 5.74) is 2.86. The smallest absolute Gasteiger partial charge is 0.337 e. The summed E-state index contributed by atoms with van der Waals surface area (Å²) in [6.45, 7) is 4.61. The van der Waals surface area contributed by atoms with E-state index in [-0.39, 0.29) is 48.4 Å². The summed E-state index contributed by atoms with van der Waals surface area (Å²) >= 11 is 0. The first-order valence-corrected chi connectivity index (χ1v) is 15.9. The number of amides is 1. The number of aromatic amines is 1. The van der Waals surface area contributed by atoms with Crippen LogP contribution in [0, 0.1) is 5.92 Å². The number of carbonyl (C=O) groups is 2. The van der Waals surface area contributed by atoms with Gasteiger partial charge in [-0.3, -0.25) is 9.36 Å². The molecule has 1 fully saturated rings. The number of allylic oxidation sites excluding steroid dienone is 1. The number of nitrogens with zero attached hydrogens (tertiary/aromatic N) is 2. The number of nitrogens with one attached hydrogen (secondary N) is 1. The van der Waals surface area contributed by atoms with Gasteiger partial charge in [-0.05, 0) is 62.1 Å². The van der Waals surface area contributed by atoms with Gasteiger partial charge in [0.1, 0.15) is 0 Å². The number of hydrogen-bond donors (Lipinski definition) is 2. The Morgan fingerprint density at radius 3 is 2.41 bits per heavy atom. The highest BCUT2D eigenvalue weighted by Crippen LogP contribution is 2.40. The highest BCUT2D eigenvalue weighted by atomic mass is 16.7. The fourth-order valence-corrected chi connectivity index (χ4v) is 6.30. The molecule has 5 rings (SSSR count). The van der Waals surface area contributed by atoms with Gasteiger partial charge >= 0.3 is 11.7 Å². The number of esters is 1. The van der Waals surface area contributed by atoms with Crippen LogP contribution in [0.2, 0.25) is 0 Å². The third-order valence-electron chi connectivity index (χ3n) is 8.59. The molecule has 2 aromatic carbocycles. The standard InChI is InChI=1S/C34H43N3O9/c1-3-45-33-26(14-18-43-20-21-44-19-17-38)27(23-8-10-24(11-9-23)32(40)42-2)22-30(46-33)31(39)36-15-12-25(13-16-36)37-29-7-5-4-6-28(29)35-34(37)41/h4-11,22,25-27,33,38H,3,12-21H2,1-2H3,(H,35,41)/t26-,27-,33-/m0/s1. The van der Waals surface area contributed by atoms with Crippen LogP contribution < -0.4 is 5.69 Å². The molecule has 3 heterocycles. The van der Waals surface area contributed by atoms with Crippen molar-refractivity contribution in [2.45, 2.75) is 44.4 Å². The van der Waals surface area contributed by atoms with Gasteiger partial charge < -0.3 is 38.7 Å². The molecule has 0 bridgehead atoms. The first-order chi connectivity index (χ1) is 22.4. The first-order valence-electron chi connectivity index (χ1n) is 15.9. The molecule has 0 saturated carbocycles. The number of rotatable bonds is 14. The Labute approximate surface area is 267 Å². The lowest BCUT2D eigenvalue weighted by Gasteiger charge is -2.39. The van der Waals surface area contributed by atoms with Crippen molar-refractivity contribution in [2.75, 3.05) is 59.8 Å². The van der Waals surface area contributed by atoms with Crippen LogP contribution in [0.25, 0.3) is 11.0 Å². The van der Waals surface area contributed by atoms with Crippen molar-refractivity contribution in [2.24, 2.45) is 5.92 Å². The molecule has 3 atom stereocenters. The number of likely N-dealkylation sites (tertiary alicyclic amines) is 1. The van der Waals surface area contributed by atoms with Crippen molar-refractivity contribution in [3.8, 4) is 0 Å². The number of H-pyrrole nitrogens is 1. The topological polar surface area (TPSA) is 142 Å². The van der Waals surface area contributed by atoms with Crippen LogP contribution in [0.3, 0.4) is 0 Å². The van der Waals surface area contributed by atoms with E-state index in [1.54, 1.807) is 21.6 Å². The molecule has 0 unspecified atom stereocenters. The highest BCUT2D eigenvalue weighted by Gasteiger charge is 2.39. The highest BCUT2D eigenvalue weighted by molar-refractivity contribution is 5.92. The molecule has 2 aliphatic heterocycles. The van der Waals surface area contributed by atoms with Gasteiger partial charge in [0.15, 0.2) is 5.76 Å². The number of para-hydroxylation sites is 2. The van der Waals surface area contributed by atoms with E-state index < -0.39 is 12.3 Å². The summed E-state index contributed by atoms with van der Waals surface area (Å²) in [6.07, 6.45) is 3.01. The fourth-order valence-electron chi connectivity index (χ4n) is 6.30. The van der Waals surface area contributed by atoms with Crippen LogP contribution in [0.5, 0.6) is 0 Å². The monoisotopic (exact) mass is 637 g/mol. The molecule has 1 aromatic heterocycles. The number of piperidine rings is 1. The van der Waals surface area contributed by atoms with Crippen molar-refractivity contribution < 1.29 is 38.4 Å². The molecule has 0 aliphatic carbocycles. The van der Waals surface area contributed by atoms with Crippen LogP contribution >= 0.6 is 0 Å². The maximum absolute atomic E-state index is 13.9. The molecule has 12 heteroatoms. The number of fused-ring (bicyclic) bond motifs is 1. The molecular formula is C34H43N3O9. The molecule has 46 heavy (non-hydrogen) atoms. The third kappa shape index (κ3) is 7.69. The summed E-state index contributed by atoms with van der Waals surface area (Å²) in [5, 5.41) is 8.89. The number of ether oxygens (including phenoxy) is 5. The number of benzene rings is 2. The van der Waals surface area contributed by atoms with Gasteiger partial charge in [0.2, 0.25) is 6.29 Å². The Hall–Kier alpha value is -3.97. The summed E-state index contributed by atoms with van der Waals surface area (Å²) in [7, 11) is 1.34. The quantitative estimate of drug-likeness (QED) is 0.201. The molecule has 2 N–H and O–H groups in total. The summed E-state index contributed by atoms with van der Waals surface area (Å²) in [4.78, 5) is 43.5. The zero-order chi connectivity index (χ0) is 32.5. The van der Waals surface area contributed by atoms with Crippen molar-refractivity contribution in [3.63, 3.8) is 0 Å².